The van der Waals surface area contributed by atoms with Crippen molar-refractivity contribution in [2.75, 3.05) is 12.9 Å². The van der Waals surface area contributed by atoms with Gasteiger partial charge in [0.2, 0.25) is 0 Å². The highest BCUT2D eigenvalue weighted by molar-refractivity contribution is 7.86. The second-order valence-electron chi connectivity index (χ2n) is 5.77. The largest absolute Gasteiger partial charge is 0.496 e. The Bertz CT molecular complexity index is 749. The molecule has 7 heteroatoms. The Morgan fingerprint density at radius 2 is 1.88 bits per heavy atom. The van der Waals surface area contributed by atoms with E-state index in [-0.39, 0.29) is 11.5 Å². The van der Waals surface area contributed by atoms with Crippen molar-refractivity contribution in [1.82, 2.24) is 0 Å². The molecular weight excluding hydrogens is 352 g/mol. The summed E-state index contributed by atoms with van der Waals surface area (Å²) in [6.45, 7) is 2.13. The Balaban J connectivity index is 2.57. The van der Waals surface area contributed by atoms with E-state index in [1.165, 1.54) is 6.08 Å². The summed E-state index contributed by atoms with van der Waals surface area (Å²) in [5.41, 5.74) is 0.607. The van der Waals surface area contributed by atoms with Gasteiger partial charge in [-0.05, 0) is 24.6 Å². The van der Waals surface area contributed by atoms with E-state index in [9.17, 15) is 8.42 Å². The van der Waals surface area contributed by atoms with Crippen molar-refractivity contribution >= 4 is 21.9 Å². The van der Waals surface area contributed by atoms with Crippen LogP contribution in [0.5, 0.6) is 5.75 Å². The number of hydrogen-bond donors (Lipinski definition) is 0. The highest BCUT2D eigenvalue weighted by Gasteiger charge is 2.11. The summed E-state index contributed by atoms with van der Waals surface area (Å²) in [5, 5.41) is 12.5. The van der Waals surface area contributed by atoms with Gasteiger partial charge in [-0.2, -0.15) is 13.7 Å². The normalized spacial score (nSPS) is 12.1. The van der Waals surface area contributed by atoms with Gasteiger partial charge in [-0.25, -0.2) is 0 Å². The molecule has 0 bridgehead atoms. The molecule has 0 amide bonds. The quantitative estimate of drug-likeness (QED) is 0.307. The van der Waals surface area contributed by atoms with Crippen molar-refractivity contribution in [3.63, 3.8) is 0 Å². The molecule has 0 aliphatic rings. The van der Waals surface area contributed by atoms with Crippen LogP contribution in [0.25, 0.3) is 6.08 Å². The molecule has 0 N–H and O–H groups in total. The number of nitriles is 1. The predicted octanol–water partition coefficient (Wildman–Crippen LogP) is 4.29. The number of nitrogens with zero attached hydrogens (tertiary/aromatic N) is 2. The first kappa shape index (κ1) is 21.7. The van der Waals surface area contributed by atoms with Crippen molar-refractivity contribution in [1.29, 1.82) is 5.26 Å². The van der Waals surface area contributed by atoms with Gasteiger partial charge in [0.1, 0.15) is 11.8 Å². The van der Waals surface area contributed by atoms with Crippen LogP contribution in [0.1, 0.15) is 51.0 Å². The highest BCUT2D eigenvalue weighted by Crippen LogP contribution is 2.18. The van der Waals surface area contributed by atoms with Crippen LogP contribution < -0.4 is 4.74 Å². The van der Waals surface area contributed by atoms with Crippen molar-refractivity contribution in [3.05, 3.63) is 35.9 Å². The second kappa shape index (κ2) is 12.1. The molecule has 0 unspecified atom stereocenters. The molecule has 0 spiro atoms. The number of ether oxygens (including phenoxy) is 1. The fraction of sp³-hybridized carbons (Fsp3) is 0.474. The van der Waals surface area contributed by atoms with E-state index in [1.54, 1.807) is 31.4 Å². The fourth-order valence-electron chi connectivity index (χ4n) is 2.25. The van der Waals surface area contributed by atoms with Crippen molar-refractivity contribution in [3.8, 4) is 11.8 Å². The van der Waals surface area contributed by atoms with Crippen LogP contribution in [-0.2, 0) is 14.4 Å². The third-order valence-electron chi connectivity index (χ3n) is 3.67. The fourth-order valence-corrected chi connectivity index (χ4v) is 3.08. The third-order valence-corrected chi connectivity index (χ3v) is 4.76. The minimum atomic E-state index is -3.77. The van der Waals surface area contributed by atoms with Crippen molar-refractivity contribution in [2.45, 2.75) is 45.4 Å². The van der Waals surface area contributed by atoms with Crippen LogP contribution in [0.2, 0.25) is 0 Å². The van der Waals surface area contributed by atoms with Gasteiger partial charge in [0.05, 0.1) is 12.9 Å². The Kier molecular flexibility index (Phi) is 10.1. The Morgan fingerprint density at radius 3 is 2.58 bits per heavy atom. The molecule has 142 valence electrons. The summed E-state index contributed by atoms with van der Waals surface area (Å²) in [6, 6.07) is 9.05. The first-order chi connectivity index (χ1) is 12.5. The third kappa shape index (κ3) is 8.67. The lowest BCUT2D eigenvalue weighted by Gasteiger charge is -2.03. The van der Waals surface area contributed by atoms with E-state index in [0.29, 0.717) is 12.2 Å². The van der Waals surface area contributed by atoms with E-state index in [2.05, 4.69) is 16.4 Å². The minimum absolute atomic E-state index is 0.0996. The van der Waals surface area contributed by atoms with Gasteiger partial charge in [0, 0.05) is 5.56 Å². The van der Waals surface area contributed by atoms with Gasteiger partial charge >= 0.3 is 10.1 Å². The number of oxime groups is 1. The number of methoxy groups -OCH3 is 1. The minimum Gasteiger partial charge on any atom is -0.496 e. The first-order valence-corrected chi connectivity index (χ1v) is 10.3. The summed E-state index contributed by atoms with van der Waals surface area (Å²) < 4.78 is 33.5. The predicted molar refractivity (Wildman–Crippen MR) is 103 cm³/mol. The van der Waals surface area contributed by atoms with Crippen LogP contribution in [0.4, 0.5) is 0 Å². The molecule has 0 fully saturated rings. The topological polar surface area (TPSA) is 88.8 Å². The van der Waals surface area contributed by atoms with E-state index in [1.807, 2.05) is 12.1 Å². The SMILES string of the molecule is CCCCCCCCS(=O)(=O)O/N=C(C#N)/C=C/c1ccccc1OC. The summed E-state index contributed by atoms with van der Waals surface area (Å²) in [4.78, 5) is 0. The molecule has 1 aromatic carbocycles. The Labute approximate surface area is 156 Å². The standard InChI is InChI=1S/C19H26N2O4S/c1-3-4-5-6-7-10-15-26(22,23)25-21-18(16-20)14-13-17-11-8-9-12-19(17)24-2/h8-9,11-14H,3-7,10,15H2,1-2H3/b14-13+,21-18-. The molecule has 0 saturated carbocycles. The molecule has 0 atom stereocenters. The van der Waals surface area contributed by atoms with E-state index >= 15 is 0 Å². The van der Waals surface area contributed by atoms with Crippen LogP contribution in [0.15, 0.2) is 35.5 Å². The van der Waals surface area contributed by atoms with Gasteiger partial charge in [-0.3, -0.25) is 4.28 Å². The van der Waals surface area contributed by atoms with Crippen LogP contribution in [-0.4, -0.2) is 27.0 Å². The van der Waals surface area contributed by atoms with E-state index in [0.717, 1.165) is 37.7 Å². The summed E-state index contributed by atoms with van der Waals surface area (Å²) in [7, 11) is -2.23. The molecule has 6 nitrogen and oxygen atoms in total. The van der Waals surface area contributed by atoms with Crippen molar-refractivity contribution < 1.29 is 17.4 Å². The molecule has 0 aliphatic heterocycles. The molecule has 1 rings (SSSR count). The molecule has 0 heterocycles. The zero-order valence-electron chi connectivity index (χ0n) is 15.3. The zero-order chi connectivity index (χ0) is 19.3. The number of rotatable bonds is 12. The van der Waals surface area contributed by atoms with Gasteiger partial charge in [-0.15, -0.1) is 0 Å². The van der Waals surface area contributed by atoms with E-state index < -0.39 is 10.1 Å². The van der Waals surface area contributed by atoms with Gasteiger partial charge < -0.3 is 4.74 Å². The smallest absolute Gasteiger partial charge is 0.328 e. The number of unbranched alkanes of at least 4 members (excludes halogenated alkanes) is 5. The molecule has 1 aromatic rings. The molecule has 0 radical (unpaired) electrons. The average Bonchev–Trinajstić information content (AvgIpc) is 2.65. The van der Waals surface area contributed by atoms with Crippen LogP contribution in [0, 0.1) is 11.3 Å². The Hall–Kier alpha value is -2.33. The van der Waals surface area contributed by atoms with Gasteiger partial charge in [-0.1, -0.05) is 62.4 Å². The summed E-state index contributed by atoms with van der Waals surface area (Å²) >= 11 is 0. The molecule has 0 aromatic heterocycles. The summed E-state index contributed by atoms with van der Waals surface area (Å²) in [5.74, 6) is 0.537. The van der Waals surface area contributed by atoms with Gasteiger partial charge in [0.25, 0.3) is 0 Å². The van der Waals surface area contributed by atoms with Crippen molar-refractivity contribution in [2.24, 2.45) is 5.16 Å². The van der Waals surface area contributed by atoms with Gasteiger partial charge in [0.15, 0.2) is 5.71 Å². The maximum atomic E-state index is 11.8. The maximum absolute atomic E-state index is 11.8. The molecule has 26 heavy (non-hydrogen) atoms. The summed E-state index contributed by atoms with van der Waals surface area (Å²) in [6.07, 6.45) is 8.81. The van der Waals surface area contributed by atoms with E-state index in [4.69, 9.17) is 10.00 Å². The number of hydrogen-bond acceptors (Lipinski definition) is 6. The molecular formula is C19H26N2O4S. The highest BCUT2D eigenvalue weighted by atomic mass is 32.2. The molecule has 0 aliphatic carbocycles. The lowest BCUT2D eigenvalue weighted by atomic mass is 10.1. The number of benzene rings is 1. The number of allylic oxidation sites excluding steroid dienone is 1. The second-order valence-corrected chi connectivity index (χ2v) is 7.44. The van der Waals surface area contributed by atoms with Crippen LogP contribution >= 0.6 is 0 Å². The molecule has 0 saturated heterocycles. The average molecular weight is 378 g/mol. The lowest BCUT2D eigenvalue weighted by molar-refractivity contribution is 0.339. The Morgan fingerprint density at radius 1 is 1.19 bits per heavy atom. The lowest BCUT2D eigenvalue weighted by Crippen LogP contribution is -2.08. The monoisotopic (exact) mass is 378 g/mol. The number of para-hydroxylation sites is 1. The first-order valence-electron chi connectivity index (χ1n) is 8.73. The van der Waals surface area contributed by atoms with Crippen LogP contribution in [0.3, 0.4) is 0 Å². The zero-order valence-corrected chi connectivity index (χ0v) is 16.2. The maximum Gasteiger partial charge on any atom is 0.328 e.